The summed E-state index contributed by atoms with van der Waals surface area (Å²) in [4.78, 5) is 48.5. The maximum Gasteiger partial charge on any atom is 0.262 e. The number of nitrogens with zero attached hydrogens (tertiary/aromatic N) is 2. The molecule has 0 saturated carbocycles. The van der Waals surface area contributed by atoms with Crippen molar-refractivity contribution in [3.8, 4) is 0 Å². The first-order chi connectivity index (χ1) is 13.9. The van der Waals surface area contributed by atoms with Gasteiger partial charge in [-0.2, -0.15) is 0 Å². The second kappa shape index (κ2) is 10.1. The van der Waals surface area contributed by atoms with E-state index in [1.165, 1.54) is 9.80 Å². The zero-order valence-electron chi connectivity index (χ0n) is 16.2. The highest BCUT2D eigenvalue weighted by Crippen LogP contribution is 2.23. The summed E-state index contributed by atoms with van der Waals surface area (Å²) in [6.45, 7) is 4.88. The lowest BCUT2D eigenvalue weighted by atomic mass is 10.1. The smallest absolute Gasteiger partial charge is 0.262 e. The van der Waals surface area contributed by atoms with Gasteiger partial charge < -0.3 is 5.73 Å². The standard InChI is InChI=1S/C10H9NO2.C9H6BrNO2.C2H7N/c1-2-11-9(12)7-5-3-4-6-8(7)10(11)13;10-5-11-8(12)6-3-1-2-4-7(6)9(11)13;1-2-3/h3-6H,2H2,1H3;1-4H,5H2;2-3H2,1H3. The van der Waals surface area contributed by atoms with Crippen LogP contribution in [0.1, 0.15) is 55.3 Å². The minimum Gasteiger partial charge on any atom is -0.331 e. The Kier molecular flexibility index (Phi) is 7.81. The summed E-state index contributed by atoms with van der Waals surface area (Å²) in [5, 5.41) is 0. The van der Waals surface area contributed by atoms with Crippen LogP contribution in [0.15, 0.2) is 48.5 Å². The van der Waals surface area contributed by atoms with Crippen molar-refractivity contribution >= 4 is 39.6 Å². The van der Waals surface area contributed by atoms with Gasteiger partial charge in [0.1, 0.15) is 0 Å². The Balaban J connectivity index is 0.000000183. The van der Waals surface area contributed by atoms with E-state index in [-0.39, 0.29) is 29.1 Å². The van der Waals surface area contributed by atoms with E-state index in [0.717, 1.165) is 6.54 Å². The first kappa shape index (κ1) is 22.4. The van der Waals surface area contributed by atoms with Gasteiger partial charge in [0.25, 0.3) is 23.6 Å². The maximum atomic E-state index is 11.5. The van der Waals surface area contributed by atoms with Crippen LogP contribution in [0.2, 0.25) is 0 Å². The highest BCUT2D eigenvalue weighted by Gasteiger charge is 2.34. The van der Waals surface area contributed by atoms with Gasteiger partial charge in [-0.05, 0) is 37.7 Å². The Bertz CT molecular complexity index is 800. The molecule has 0 fully saturated rings. The fraction of sp³-hybridized carbons (Fsp3) is 0.238. The van der Waals surface area contributed by atoms with Gasteiger partial charge in [0.2, 0.25) is 0 Å². The van der Waals surface area contributed by atoms with Crippen LogP contribution in [0, 0.1) is 0 Å². The molecule has 2 heterocycles. The van der Waals surface area contributed by atoms with Crippen LogP contribution in [-0.4, -0.2) is 52.0 Å². The molecule has 0 aromatic heterocycles. The molecule has 0 aliphatic carbocycles. The van der Waals surface area contributed by atoms with Crippen molar-refractivity contribution in [2.75, 3.05) is 18.5 Å². The lowest BCUT2D eigenvalue weighted by Crippen LogP contribution is -2.29. The predicted octanol–water partition coefficient (Wildman–Crippen LogP) is 2.90. The second-order valence-electron chi connectivity index (χ2n) is 6.01. The van der Waals surface area contributed by atoms with Gasteiger partial charge >= 0.3 is 0 Å². The number of alkyl halides is 1. The number of fused-ring (bicyclic) bond motifs is 2. The van der Waals surface area contributed by atoms with Crippen LogP contribution in [0.4, 0.5) is 0 Å². The van der Waals surface area contributed by atoms with E-state index in [9.17, 15) is 19.2 Å². The van der Waals surface area contributed by atoms with Gasteiger partial charge in [0.05, 0.1) is 27.7 Å². The summed E-state index contributed by atoms with van der Waals surface area (Å²) in [6, 6.07) is 13.7. The van der Waals surface area contributed by atoms with Gasteiger partial charge in [0.15, 0.2) is 0 Å². The Morgan fingerprint density at radius 2 is 0.966 bits per heavy atom. The molecule has 2 aliphatic rings. The second-order valence-corrected chi connectivity index (χ2v) is 6.51. The number of carbonyl (C=O) groups excluding carboxylic acids is 4. The van der Waals surface area contributed by atoms with Gasteiger partial charge in [-0.1, -0.05) is 47.1 Å². The third-order valence-electron chi connectivity index (χ3n) is 4.19. The molecule has 8 heteroatoms. The quantitative estimate of drug-likeness (QED) is 0.422. The number of nitrogens with two attached hydrogens (primary N) is 1. The molecule has 7 nitrogen and oxygen atoms in total. The van der Waals surface area contributed by atoms with Gasteiger partial charge in [-0.25, -0.2) is 0 Å². The summed E-state index contributed by atoms with van der Waals surface area (Å²) in [6.07, 6.45) is 0. The molecular formula is C21H22BrN3O4. The topological polar surface area (TPSA) is 101 Å². The fourth-order valence-electron chi connectivity index (χ4n) is 2.87. The first-order valence-electron chi connectivity index (χ1n) is 9.09. The van der Waals surface area contributed by atoms with Crippen LogP contribution in [0.25, 0.3) is 0 Å². The van der Waals surface area contributed by atoms with Crippen LogP contribution in [0.5, 0.6) is 0 Å². The van der Waals surface area contributed by atoms with Crippen LogP contribution in [-0.2, 0) is 0 Å². The van der Waals surface area contributed by atoms with E-state index < -0.39 is 0 Å². The van der Waals surface area contributed by atoms with Gasteiger partial charge in [-0.15, -0.1) is 0 Å². The van der Waals surface area contributed by atoms with Crippen LogP contribution < -0.4 is 5.73 Å². The van der Waals surface area contributed by atoms with Crippen molar-refractivity contribution in [2.24, 2.45) is 5.73 Å². The third-order valence-corrected chi connectivity index (χ3v) is 4.69. The van der Waals surface area contributed by atoms with E-state index in [2.05, 4.69) is 15.9 Å². The van der Waals surface area contributed by atoms with Crippen LogP contribution >= 0.6 is 15.9 Å². The lowest BCUT2D eigenvalue weighted by molar-refractivity contribution is 0.0655. The molecule has 2 aliphatic heterocycles. The van der Waals surface area contributed by atoms with E-state index in [0.29, 0.717) is 28.8 Å². The van der Waals surface area contributed by atoms with Crippen molar-refractivity contribution in [1.82, 2.24) is 9.80 Å². The van der Waals surface area contributed by atoms with E-state index in [1.54, 1.807) is 55.5 Å². The zero-order chi connectivity index (χ0) is 21.6. The minimum atomic E-state index is -0.225. The maximum absolute atomic E-state index is 11.5. The van der Waals surface area contributed by atoms with Crippen molar-refractivity contribution in [3.05, 3.63) is 70.8 Å². The Hall–Kier alpha value is -2.84. The molecule has 29 heavy (non-hydrogen) atoms. The average Bonchev–Trinajstić information content (AvgIpc) is 3.13. The van der Waals surface area contributed by atoms with E-state index in [1.807, 2.05) is 6.92 Å². The van der Waals surface area contributed by atoms with Gasteiger partial charge in [0, 0.05) is 6.54 Å². The highest BCUT2D eigenvalue weighted by molar-refractivity contribution is 9.09. The SMILES string of the molecule is CCN.CCN1C(=O)c2ccccc2C1=O.O=C1c2ccccc2C(=O)N1CBr. The predicted molar refractivity (Wildman–Crippen MR) is 113 cm³/mol. The molecular weight excluding hydrogens is 438 g/mol. The van der Waals surface area contributed by atoms with Gasteiger partial charge in [-0.3, -0.25) is 29.0 Å². The molecule has 2 aromatic carbocycles. The number of imide groups is 2. The van der Waals surface area contributed by atoms with E-state index >= 15 is 0 Å². The monoisotopic (exact) mass is 459 g/mol. The molecule has 0 unspecified atom stereocenters. The number of rotatable bonds is 2. The molecule has 0 spiro atoms. The molecule has 2 N–H and O–H groups in total. The molecule has 4 amide bonds. The number of amides is 4. The third kappa shape index (κ3) is 4.44. The Labute approximate surface area is 177 Å². The molecule has 0 bridgehead atoms. The summed E-state index contributed by atoms with van der Waals surface area (Å²) < 4.78 is 0. The Morgan fingerprint density at radius 1 is 0.690 bits per heavy atom. The molecule has 0 saturated heterocycles. The number of halogens is 1. The highest BCUT2D eigenvalue weighted by atomic mass is 79.9. The van der Waals surface area contributed by atoms with Crippen LogP contribution in [0.3, 0.4) is 0 Å². The lowest BCUT2D eigenvalue weighted by Gasteiger charge is -2.08. The van der Waals surface area contributed by atoms with E-state index in [4.69, 9.17) is 5.73 Å². The number of benzene rings is 2. The Morgan fingerprint density at radius 3 is 1.21 bits per heavy atom. The number of carbonyl (C=O) groups is 4. The van der Waals surface area contributed by atoms with Crippen molar-refractivity contribution in [1.29, 1.82) is 0 Å². The zero-order valence-corrected chi connectivity index (χ0v) is 17.8. The number of hydrogen-bond acceptors (Lipinski definition) is 5. The van der Waals surface area contributed by atoms with Crippen molar-refractivity contribution in [3.63, 3.8) is 0 Å². The molecule has 0 radical (unpaired) electrons. The minimum absolute atomic E-state index is 0.178. The number of hydrogen-bond donors (Lipinski definition) is 1. The van der Waals surface area contributed by atoms with Crippen molar-refractivity contribution in [2.45, 2.75) is 13.8 Å². The summed E-state index contributed by atoms with van der Waals surface area (Å²) in [7, 11) is 0. The summed E-state index contributed by atoms with van der Waals surface area (Å²) in [5.74, 6) is -0.804. The molecule has 4 rings (SSSR count). The van der Waals surface area contributed by atoms with Crippen molar-refractivity contribution < 1.29 is 19.2 Å². The first-order valence-corrected chi connectivity index (χ1v) is 10.2. The fourth-order valence-corrected chi connectivity index (χ4v) is 3.33. The largest absolute Gasteiger partial charge is 0.331 e. The summed E-state index contributed by atoms with van der Waals surface area (Å²) in [5.41, 5.74) is 7.13. The molecule has 2 aromatic rings. The normalized spacial score (nSPS) is 14.1. The molecule has 152 valence electrons. The molecule has 0 atom stereocenters. The average molecular weight is 460 g/mol. The summed E-state index contributed by atoms with van der Waals surface area (Å²) >= 11 is 3.10.